The number of hydrogen-bond donors (Lipinski definition) is 1. The summed E-state index contributed by atoms with van der Waals surface area (Å²) in [5, 5.41) is 17.6. The molecule has 0 bridgehead atoms. The second-order valence-corrected chi connectivity index (χ2v) is 6.44. The quantitative estimate of drug-likeness (QED) is 0.576. The van der Waals surface area contributed by atoms with Crippen LogP contribution < -0.4 is 0 Å². The van der Waals surface area contributed by atoms with Crippen molar-refractivity contribution >= 4 is 17.5 Å². The van der Waals surface area contributed by atoms with Gasteiger partial charge in [0, 0.05) is 30.8 Å². The number of aliphatic imine (C=N–C) groups is 1. The highest BCUT2D eigenvalue weighted by Crippen LogP contribution is 2.33. The van der Waals surface area contributed by atoms with E-state index in [1.54, 1.807) is 31.1 Å². The Bertz CT molecular complexity index is 986. The molecule has 5 nitrogen and oxygen atoms in total. The molecule has 1 N–H and O–H groups in total. The fourth-order valence-corrected chi connectivity index (χ4v) is 2.98. The second kappa shape index (κ2) is 7.79. The Morgan fingerprint density at radius 1 is 1.07 bits per heavy atom. The van der Waals surface area contributed by atoms with E-state index < -0.39 is 0 Å². The Kier molecular flexibility index (Phi) is 5.28. The molecule has 0 heterocycles. The van der Waals surface area contributed by atoms with Crippen LogP contribution in [0.4, 0.5) is 0 Å². The van der Waals surface area contributed by atoms with E-state index in [9.17, 15) is 10.1 Å². The third-order valence-corrected chi connectivity index (χ3v) is 4.40. The number of carbonyl (C=O) groups is 1. The van der Waals surface area contributed by atoms with E-state index in [1.807, 2.05) is 42.5 Å². The van der Waals surface area contributed by atoms with Gasteiger partial charge in [-0.1, -0.05) is 42.5 Å². The number of nitrogens with zero attached hydrogens (tertiary/aromatic N) is 3. The summed E-state index contributed by atoms with van der Waals surface area (Å²) in [6.45, 7) is 0. The molecule has 0 aliphatic heterocycles. The van der Waals surface area contributed by atoms with Crippen molar-refractivity contribution in [3.63, 3.8) is 0 Å². The molecule has 0 unspecified atom stereocenters. The van der Waals surface area contributed by atoms with Gasteiger partial charge in [0.25, 0.3) is 0 Å². The lowest BCUT2D eigenvalue weighted by molar-refractivity contribution is -0.111. The molecule has 0 aromatic carbocycles. The fourth-order valence-electron chi connectivity index (χ4n) is 2.98. The number of nitrogens with one attached hydrogen (secondary N) is 1. The molecule has 0 aromatic heterocycles. The number of hydrogen-bond acceptors (Lipinski definition) is 3. The predicted molar refractivity (Wildman–Crippen MR) is 107 cm³/mol. The summed E-state index contributed by atoms with van der Waals surface area (Å²) in [7, 11) is 3.50. The number of carbonyl (C=O) groups excluding carboxylic acids is 1. The molecule has 0 saturated heterocycles. The van der Waals surface area contributed by atoms with Crippen molar-refractivity contribution in [2.24, 2.45) is 4.99 Å². The number of Topliss-reactive ketones (excluding diaryl/α,β-unsaturated/α-hetero) is 1. The van der Waals surface area contributed by atoms with Crippen molar-refractivity contribution < 1.29 is 4.79 Å². The van der Waals surface area contributed by atoms with Crippen LogP contribution in [0.5, 0.6) is 0 Å². The summed E-state index contributed by atoms with van der Waals surface area (Å²) in [5.74, 6) is -0.0226. The Morgan fingerprint density at radius 3 is 2.41 bits per heavy atom. The first kappa shape index (κ1) is 18.3. The van der Waals surface area contributed by atoms with Crippen molar-refractivity contribution in [3.8, 4) is 6.07 Å². The summed E-state index contributed by atoms with van der Waals surface area (Å²) in [6.07, 6.45) is 18.0. The third-order valence-electron chi connectivity index (χ3n) is 4.40. The monoisotopic (exact) mass is 356 g/mol. The minimum atomic E-state index is -0.116. The summed E-state index contributed by atoms with van der Waals surface area (Å²) in [4.78, 5) is 19.3. The smallest absolute Gasteiger partial charge is 0.217 e. The Morgan fingerprint density at radius 2 is 1.74 bits per heavy atom. The van der Waals surface area contributed by atoms with Gasteiger partial charge in [-0.05, 0) is 30.6 Å². The van der Waals surface area contributed by atoms with Crippen LogP contribution in [0.2, 0.25) is 0 Å². The minimum Gasteiger partial charge on any atom is -0.347 e. The maximum absolute atomic E-state index is 13.2. The molecule has 0 radical (unpaired) electrons. The van der Waals surface area contributed by atoms with Crippen LogP contribution in [0.1, 0.15) is 12.8 Å². The second-order valence-electron chi connectivity index (χ2n) is 6.44. The van der Waals surface area contributed by atoms with E-state index >= 15 is 0 Å². The lowest BCUT2D eigenvalue weighted by atomic mass is 9.81. The zero-order chi connectivity index (χ0) is 19.4. The largest absolute Gasteiger partial charge is 0.347 e. The highest BCUT2D eigenvalue weighted by atomic mass is 16.1. The standard InChI is InChI=1S/C22H20N4O/c1-26(2)22(24)25-20-13-19(16-10-6-3-5-9-15(16)14-23)21(27)18-12-8-4-7-11-17(18)20/h3-5,7,9-13,24H,6,8H2,1-2H3. The van der Waals surface area contributed by atoms with Gasteiger partial charge in [0.15, 0.2) is 5.78 Å². The molecule has 3 aliphatic carbocycles. The van der Waals surface area contributed by atoms with E-state index in [1.165, 1.54) is 0 Å². The van der Waals surface area contributed by atoms with Crippen molar-refractivity contribution in [2.75, 3.05) is 14.1 Å². The molecule has 0 spiro atoms. The molecule has 5 heteroatoms. The van der Waals surface area contributed by atoms with Gasteiger partial charge in [-0.25, -0.2) is 4.99 Å². The van der Waals surface area contributed by atoms with Gasteiger partial charge in [-0.15, -0.1) is 0 Å². The number of fused-ring (bicyclic) bond motifs is 1. The Hall–Kier alpha value is -3.52. The first-order valence-corrected chi connectivity index (χ1v) is 8.69. The molecule has 0 fully saturated rings. The average molecular weight is 356 g/mol. The Balaban J connectivity index is 2.20. The van der Waals surface area contributed by atoms with Gasteiger partial charge >= 0.3 is 0 Å². The third kappa shape index (κ3) is 3.70. The molecule has 3 aliphatic rings. The zero-order valence-electron chi connectivity index (χ0n) is 15.4. The first-order chi connectivity index (χ1) is 13.0. The maximum Gasteiger partial charge on any atom is 0.217 e. The molecule has 3 rings (SSSR count). The van der Waals surface area contributed by atoms with Crippen LogP contribution in [-0.4, -0.2) is 36.4 Å². The van der Waals surface area contributed by atoms with Crippen molar-refractivity contribution in [1.82, 2.24) is 4.90 Å². The average Bonchev–Trinajstić information content (AvgIpc) is 3.04. The lowest BCUT2D eigenvalue weighted by Crippen LogP contribution is -2.25. The van der Waals surface area contributed by atoms with Gasteiger partial charge in [-0.2, -0.15) is 5.26 Å². The number of rotatable bonds is 1. The molecule has 27 heavy (non-hydrogen) atoms. The van der Waals surface area contributed by atoms with E-state index in [2.05, 4.69) is 11.1 Å². The Labute approximate surface area is 158 Å². The van der Waals surface area contributed by atoms with Crippen LogP contribution >= 0.6 is 0 Å². The van der Waals surface area contributed by atoms with E-state index in [-0.39, 0.29) is 11.7 Å². The minimum absolute atomic E-state index is 0.0935. The maximum atomic E-state index is 13.2. The number of ketones is 1. The van der Waals surface area contributed by atoms with Crippen LogP contribution in [0.25, 0.3) is 0 Å². The summed E-state index contributed by atoms with van der Waals surface area (Å²) in [6, 6.07) is 2.18. The van der Waals surface area contributed by atoms with Gasteiger partial charge in [0.05, 0.1) is 17.4 Å². The SMILES string of the molecule is CN(C)C(=N)N=C1C=C(C2=CCC=CC=C2C#N)C(=O)C2=CCC=CC=C21. The van der Waals surface area contributed by atoms with Crippen molar-refractivity contribution in [1.29, 1.82) is 10.7 Å². The van der Waals surface area contributed by atoms with Crippen LogP contribution in [0.15, 0.2) is 87.5 Å². The van der Waals surface area contributed by atoms with Crippen LogP contribution in [0.3, 0.4) is 0 Å². The molecule has 0 amide bonds. The van der Waals surface area contributed by atoms with Gasteiger partial charge in [0.1, 0.15) is 0 Å². The fraction of sp³-hybridized carbons (Fsp3) is 0.182. The van der Waals surface area contributed by atoms with E-state index in [0.717, 1.165) is 0 Å². The predicted octanol–water partition coefficient (Wildman–Crippen LogP) is 3.58. The zero-order valence-corrected chi connectivity index (χ0v) is 15.4. The molecule has 0 aromatic rings. The molecular weight excluding hydrogens is 336 g/mol. The van der Waals surface area contributed by atoms with E-state index in [0.29, 0.717) is 46.4 Å². The van der Waals surface area contributed by atoms with Gasteiger partial charge in [-0.3, -0.25) is 10.2 Å². The van der Waals surface area contributed by atoms with Gasteiger partial charge in [0.2, 0.25) is 5.96 Å². The summed E-state index contributed by atoms with van der Waals surface area (Å²) in [5.41, 5.74) is 3.34. The van der Waals surface area contributed by atoms with E-state index in [4.69, 9.17) is 5.41 Å². The lowest BCUT2D eigenvalue weighted by Gasteiger charge is -2.22. The number of allylic oxidation sites excluding steroid dienone is 14. The van der Waals surface area contributed by atoms with Crippen molar-refractivity contribution in [2.45, 2.75) is 12.8 Å². The number of nitriles is 1. The summed E-state index contributed by atoms with van der Waals surface area (Å²) >= 11 is 0. The summed E-state index contributed by atoms with van der Waals surface area (Å²) < 4.78 is 0. The normalized spacial score (nSPS) is 20.3. The molecule has 0 atom stereocenters. The highest BCUT2D eigenvalue weighted by Gasteiger charge is 2.30. The first-order valence-electron chi connectivity index (χ1n) is 8.69. The molecule has 0 saturated carbocycles. The van der Waals surface area contributed by atoms with Crippen molar-refractivity contribution in [3.05, 3.63) is 82.5 Å². The number of guanidine groups is 1. The highest BCUT2D eigenvalue weighted by molar-refractivity contribution is 6.32. The van der Waals surface area contributed by atoms with Crippen LogP contribution in [0, 0.1) is 16.7 Å². The van der Waals surface area contributed by atoms with Gasteiger partial charge < -0.3 is 4.90 Å². The molecular formula is C22H20N4O. The molecule has 134 valence electrons. The van der Waals surface area contributed by atoms with Crippen LogP contribution in [-0.2, 0) is 4.79 Å². The topological polar surface area (TPSA) is 80.3 Å².